The van der Waals surface area contributed by atoms with E-state index in [1.807, 2.05) is 6.07 Å². The second-order valence-electron chi connectivity index (χ2n) is 8.99. The van der Waals surface area contributed by atoms with Crippen LogP contribution in [0.3, 0.4) is 0 Å². The minimum atomic E-state index is -0.0580. The second kappa shape index (κ2) is 14.7. The van der Waals surface area contributed by atoms with Gasteiger partial charge in [0.25, 0.3) is 0 Å². The van der Waals surface area contributed by atoms with Gasteiger partial charge in [0.05, 0.1) is 6.61 Å². The number of para-hydroxylation sites is 1. The molecular formula is C27H44O2. The van der Waals surface area contributed by atoms with Crippen LogP contribution in [0.25, 0.3) is 0 Å². The van der Waals surface area contributed by atoms with E-state index < -0.39 is 0 Å². The Morgan fingerprint density at radius 3 is 2.07 bits per heavy atom. The van der Waals surface area contributed by atoms with Gasteiger partial charge in [-0.2, -0.15) is 0 Å². The van der Waals surface area contributed by atoms with Crippen molar-refractivity contribution < 1.29 is 9.47 Å². The Morgan fingerprint density at radius 2 is 1.45 bits per heavy atom. The predicted molar refractivity (Wildman–Crippen MR) is 125 cm³/mol. The number of hydrogen-bond donors (Lipinski definition) is 0. The van der Waals surface area contributed by atoms with Crippen LogP contribution in [0.5, 0.6) is 5.75 Å². The van der Waals surface area contributed by atoms with Gasteiger partial charge in [0, 0.05) is 0 Å². The van der Waals surface area contributed by atoms with Gasteiger partial charge < -0.3 is 9.47 Å². The van der Waals surface area contributed by atoms with Gasteiger partial charge >= 0.3 is 0 Å². The van der Waals surface area contributed by atoms with E-state index in [1.54, 1.807) is 0 Å². The van der Waals surface area contributed by atoms with Crippen LogP contribution in [0, 0.1) is 0 Å². The summed E-state index contributed by atoms with van der Waals surface area (Å²) in [6.45, 7) is 5.85. The average molecular weight is 401 g/mol. The molecule has 1 aromatic carbocycles. The zero-order valence-electron chi connectivity index (χ0n) is 19.1. The van der Waals surface area contributed by atoms with Crippen LogP contribution in [-0.4, -0.2) is 18.8 Å². The Bertz CT molecular complexity index is 559. The molecule has 0 saturated carbocycles. The van der Waals surface area contributed by atoms with Crippen molar-refractivity contribution >= 4 is 0 Å². The first-order chi connectivity index (χ1) is 14.2. The third-order valence-electron chi connectivity index (χ3n) is 5.87. The number of hydrogen-bond acceptors (Lipinski definition) is 2. The second-order valence-corrected chi connectivity index (χ2v) is 8.99. The molecule has 0 spiro atoms. The molecule has 1 aromatic rings. The quantitative estimate of drug-likeness (QED) is 0.141. The number of ether oxygens (including phenoxy) is 2. The molecule has 1 saturated heterocycles. The highest BCUT2D eigenvalue weighted by atomic mass is 16.6. The molecule has 0 bridgehead atoms. The molecule has 1 unspecified atom stereocenters. The third-order valence-corrected chi connectivity index (χ3v) is 5.87. The zero-order chi connectivity index (χ0) is 20.6. The maximum atomic E-state index is 5.98. The highest BCUT2D eigenvalue weighted by Gasteiger charge is 2.40. The van der Waals surface area contributed by atoms with Crippen LogP contribution in [-0.2, 0) is 11.2 Å². The Hall–Kier alpha value is -1.28. The van der Waals surface area contributed by atoms with Gasteiger partial charge in [-0.15, -0.1) is 0 Å². The SMILES string of the molecule is CCCCCCCCCCCCCC/C=C/Cc1ccccc1OCC1(C)CO1. The molecule has 0 radical (unpaired) electrons. The molecule has 1 heterocycles. The molecule has 2 nitrogen and oxygen atoms in total. The topological polar surface area (TPSA) is 21.8 Å². The van der Waals surface area contributed by atoms with E-state index in [4.69, 9.17) is 9.47 Å². The Morgan fingerprint density at radius 1 is 0.862 bits per heavy atom. The summed E-state index contributed by atoms with van der Waals surface area (Å²) in [6.07, 6.45) is 23.8. The molecule has 29 heavy (non-hydrogen) atoms. The highest BCUT2D eigenvalue weighted by molar-refractivity contribution is 5.35. The summed E-state index contributed by atoms with van der Waals surface area (Å²) in [4.78, 5) is 0. The van der Waals surface area contributed by atoms with Crippen molar-refractivity contribution in [3.8, 4) is 5.75 Å². The fourth-order valence-electron chi connectivity index (χ4n) is 3.68. The van der Waals surface area contributed by atoms with Gasteiger partial charge in [-0.05, 0) is 37.8 Å². The summed E-state index contributed by atoms with van der Waals surface area (Å²) >= 11 is 0. The number of benzene rings is 1. The lowest BCUT2D eigenvalue weighted by molar-refractivity contribution is 0.201. The van der Waals surface area contributed by atoms with Crippen LogP contribution in [0.2, 0.25) is 0 Å². The largest absolute Gasteiger partial charge is 0.490 e. The van der Waals surface area contributed by atoms with Gasteiger partial charge in [-0.3, -0.25) is 0 Å². The molecular weight excluding hydrogens is 356 g/mol. The standard InChI is InChI=1S/C27H44O2/c1-3-4-5-6-7-8-9-10-11-12-13-14-15-16-17-20-25-21-18-19-22-26(25)28-23-27(2)24-29-27/h16-19,21-22H,3-15,20,23-24H2,1-2H3/b17-16+. The normalized spacial score (nSPS) is 18.4. The summed E-state index contributed by atoms with van der Waals surface area (Å²) in [6, 6.07) is 8.38. The van der Waals surface area contributed by atoms with E-state index in [-0.39, 0.29) is 5.60 Å². The first-order valence-electron chi connectivity index (χ1n) is 12.2. The number of rotatable bonds is 18. The fraction of sp³-hybridized carbons (Fsp3) is 0.704. The lowest BCUT2D eigenvalue weighted by Gasteiger charge is -2.12. The van der Waals surface area contributed by atoms with Crippen LogP contribution in [0.4, 0.5) is 0 Å². The van der Waals surface area contributed by atoms with Gasteiger partial charge in [-0.25, -0.2) is 0 Å². The maximum Gasteiger partial charge on any atom is 0.123 e. The van der Waals surface area contributed by atoms with E-state index >= 15 is 0 Å². The lowest BCUT2D eigenvalue weighted by atomic mass is 10.0. The monoisotopic (exact) mass is 400 g/mol. The van der Waals surface area contributed by atoms with Gasteiger partial charge in [0.15, 0.2) is 0 Å². The lowest BCUT2D eigenvalue weighted by Crippen LogP contribution is -2.17. The summed E-state index contributed by atoms with van der Waals surface area (Å²) in [5.41, 5.74) is 1.21. The molecule has 1 aliphatic rings. The van der Waals surface area contributed by atoms with Crippen molar-refractivity contribution in [2.45, 2.75) is 109 Å². The zero-order valence-corrected chi connectivity index (χ0v) is 19.1. The molecule has 2 rings (SSSR count). The molecule has 0 aliphatic carbocycles. The maximum absolute atomic E-state index is 5.98. The first kappa shape index (κ1) is 24.0. The van der Waals surface area contributed by atoms with Crippen molar-refractivity contribution in [2.75, 3.05) is 13.2 Å². The smallest absolute Gasteiger partial charge is 0.123 e. The van der Waals surface area contributed by atoms with Crippen LogP contribution in [0.15, 0.2) is 36.4 Å². The summed E-state index contributed by atoms with van der Waals surface area (Å²) in [5, 5.41) is 0. The molecule has 1 aliphatic heterocycles. The van der Waals surface area contributed by atoms with E-state index in [2.05, 4.69) is 44.2 Å². The minimum Gasteiger partial charge on any atom is -0.490 e. The van der Waals surface area contributed by atoms with Crippen molar-refractivity contribution in [3.63, 3.8) is 0 Å². The number of epoxide rings is 1. The Labute approximate surface area is 180 Å². The molecule has 0 N–H and O–H groups in total. The highest BCUT2D eigenvalue weighted by Crippen LogP contribution is 2.28. The first-order valence-corrected chi connectivity index (χ1v) is 12.2. The fourth-order valence-corrected chi connectivity index (χ4v) is 3.68. The Balaban J connectivity index is 1.44. The average Bonchev–Trinajstić information content (AvgIpc) is 3.47. The van der Waals surface area contributed by atoms with Crippen molar-refractivity contribution in [1.82, 2.24) is 0 Å². The molecule has 1 fully saturated rings. The summed E-state index contributed by atoms with van der Waals surface area (Å²) < 4.78 is 11.4. The summed E-state index contributed by atoms with van der Waals surface area (Å²) in [5.74, 6) is 0.999. The van der Waals surface area contributed by atoms with Crippen LogP contribution >= 0.6 is 0 Å². The predicted octanol–water partition coefficient (Wildman–Crippen LogP) is 8.04. The van der Waals surface area contributed by atoms with E-state index in [0.717, 1.165) is 18.8 Å². The number of allylic oxidation sites excluding steroid dienone is 2. The van der Waals surface area contributed by atoms with Crippen LogP contribution in [0.1, 0.15) is 103 Å². The number of unbranched alkanes of at least 4 members (excludes halogenated alkanes) is 12. The minimum absolute atomic E-state index is 0.0580. The van der Waals surface area contributed by atoms with Crippen molar-refractivity contribution in [1.29, 1.82) is 0 Å². The molecule has 0 amide bonds. The summed E-state index contributed by atoms with van der Waals surface area (Å²) in [7, 11) is 0. The van der Waals surface area contributed by atoms with Gasteiger partial charge in [0.2, 0.25) is 0 Å². The third kappa shape index (κ3) is 11.5. The molecule has 2 heteroatoms. The van der Waals surface area contributed by atoms with Gasteiger partial charge in [0.1, 0.15) is 18.0 Å². The van der Waals surface area contributed by atoms with E-state index in [9.17, 15) is 0 Å². The van der Waals surface area contributed by atoms with Crippen molar-refractivity contribution in [3.05, 3.63) is 42.0 Å². The Kier molecular flexibility index (Phi) is 12.1. The van der Waals surface area contributed by atoms with Crippen molar-refractivity contribution in [2.24, 2.45) is 0 Å². The molecule has 0 aromatic heterocycles. The van der Waals surface area contributed by atoms with Crippen LogP contribution < -0.4 is 4.74 Å². The van der Waals surface area contributed by atoms with Gasteiger partial charge in [-0.1, -0.05) is 108 Å². The molecule has 164 valence electrons. The van der Waals surface area contributed by atoms with E-state index in [1.165, 1.54) is 89.0 Å². The molecule has 1 atom stereocenters. The van der Waals surface area contributed by atoms with E-state index in [0.29, 0.717) is 6.61 Å².